The standard InChI is InChI=1S/C19H26N6O4S/c1-6-25-15-8-7-13(30(27,28)24(4)5)11-14(15)20-16(25)9-10-17(26)21-19-23-22-18(29-19)12(2)3/h7-8,11-12H,6,9-10H2,1-5H3,(H,21,23,26). The normalized spacial score (nSPS) is 12.2. The number of hydrogen-bond acceptors (Lipinski definition) is 7. The fourth-order valence-corrected chi connectivity index (χ4v) is 3.92. The van der Waals surface area contributed by atoms with Gasteiger partial charge in [0, 0.05) is 39.4 Å². The molecular formula is C19H26N6O4S. The maximum atomic E-state index is 12.4. The molecule has 1 amide bonds. The zero-order chi connectivity index (χ0) is 22.1. The summed E-state index contributed by atoms with van der Waals surface area (Å²) in [6, 6.07) is 4.96. The highest BCUT2D eigenvalue weighted by molar-refractivity contribution is 7.89. The lowest BCUT2D eigenvalue weighted by molar-refractivity contribution is -0.116. The summed E-state index contributed by atoms with van der Waals surface area (Å²) in [6.07, 6.45) is 0.556. The smallest absolute Gasteiger partial charge is 0.322 e. The lowest BCUT2D eigenvalue weighted by atomic mass is 10.2. The number of carbonyl (C=O) groups excluding carboxylic acids is 1. The molecule has 0 unspecified atom stereocenters. The molecule has 0 aliphatic rings. The summed E-state index contributed by atoms with van der Waals surface area (Å²) >= 11 is 0. The molecule has 11 heteroatoms. The van der Waals surface area contributed by atoms with Crippen molar-refractivity contribution in [3.63, 3.8) is 0 Å². The van der Waals surface area contributed by atoms with Crippen LogP contribution in [-0.4, -0.2) is 52.5 Å². The van der Waals surface area contributed by atoms with Crippen LogP contribution in [0.2, 0.25) is 0 Å². The Hall–Kier alpha value is -2.79. The van der Waals surface area contributed by atoms with Crippen molar-refractivity contribution in [3.8, 4) is 0 Å². The van der Waals surface area contributed by atoms with Crippen LogP contribution in [0.25, 0.3) is 11.0 Å². The van der Waals surface area contributed by atoms with Crippen molar-refractivity contribution in [1.82, 2.24) is 24.1 Å². The first-order chi connectivity index (χ1) is 14.1. The summed E-state index contributed by atoms with van der Waals surface area (Å²) in [5, 5.41) is 10.3. The van der Waals surface area contributed by atoms with Gasteiger partial charge in [-0.1, -0.05) is 18.9 Å². The number of aromatic nitrogens is 4. The van der Waals surface area contributed by atoms with E-state index >= 15 is 0 Å². The average Bonchev–Trinajstić information content (AvgIpc) is 3.29. The number of fused-ring (bicyclic) bond motifs is 1. The molecule has 0 aliphatic carbocycles. The van der Waals surface area contributed by atoms with Gasteiger partial charge in [0.05, 0.1) is 15.9 Å². The maximum absolute atomic E-state index is 12.4. The van der Waals surface area contributed by atoms with Crippen LogP contribution in [0.5, 0.6) is 0 Å². The number of rotatable bonds is 8. The zero-order valence-electron chi connectivity index (χ0n) is 17.7. The van der Waals surface area contributed by atoms with Crippen LogP contribution in [0.1, 0.15) is 44.8 Å². The van der Waals surface area contributed by atoms with Gasteiger partial charge in [0.25, 0.3) is 0 Å². The Morgan fingerprint density at radius 3 is 2.60 bits per heavy atom. The molecule has 1 aromatic carbocycles. The number of nitrogens with zero attached hydrogens (tertiary/aromatic N) is 5. The molecule has 0 aliphatic heterocycles. The average molecular weight is 435 g/mol. The maximum Gasteiger partial charge on any atom is 0.322 e. The minimum atomic E-state index is -3.55. The number of benzene rings is 1. The van der Waals surface area contributed by atoms with Crippen molar-refractivity contribution in [2.24, 2.45) is 0 Å². The molecule has 0 bridgehead atoms. The van der Waals surface area contributed by atoms with E-state index in [1.165, 1.54) is 18.4 Å². The Balaban J connectivity index is 1.77. The predicted molar refractivity (Wildman–Crippen MR) is 112 cm³/mol. The van der Waals surface area contributed by atoms with E-state index in [2.05, 4.69) is 20.5 Å². The van der Waals surface area contributed by atoms with Gasteiger partial charge in [-0.25, -0.2) is 17.7 Å². The van der Waals surface area contributed by atoms with Gasteiger partial charge in [-0.05, 0) is 25.1 Å². The van der Waals surface area contributed by atoms with Crippen molar-refractivity contribution >= 4 is 33.0 Å². The number of aryl methyl sites for hydroxylation is 2. The number of anilines is 1. The molecule has 0 radical (unpaired) electrons. The molecule has 0 fully saturated rings. The van der Waals surface area contributed by atoms with Crippen molar-refractivity contribution in [3.05, 3.63) is 29.9 Å². The van der Waals surface area contributed by atoms with Gasteiger partial charge in [-0.15, -0.1) is 5.10 Å². The molecule has 2 aromatic heterocycles. The van der Waals surface area contributed by atoms with Crippen LogP contribution in [-0.2, 0) is 27.8 Å². The molecule has 3 aromatic rings. The first-order valence-electron chi connectivity index (χ1n) is 9.68. The monoisotopic (exact) mass is 434 g/mol. The molecule has 0 saturated carbocycles. The second-order valence-corrected chi connectivity index (χ2v) is 9.51. The summed E-state index contributed by atoms with van der Waals surface area (Å²) in [5.41, 5.74) is 1.40. The van der Waals surface area contributed by atoms with Gasteiger partial charge in [0.15, 0.2) is 0 Å². The van der Waals surface area contributed by atoms with E-state index in [0.717, 1.165) is 5.52 Å². The topological polar surface area (TPSA) is 123 Å². The van der Waals surface area contributed by atoms with E-state index in [1.807, 2.05) is 25.3 Å². The third-order valence-electron chi connectivity index (χ3n) is 4.65. The lowest BCUT2D eigenvalue weighted by Gasteiger charge is -2.11. The number of imidazole rings is 1. The van der Waals surface area contributed by atoms with Gasteiger partial charge in [0.1, 0.15) is 5.82 Å². The Bertz CT molecular complexity index is 1160. The number of carbonyl (C=O) groups is 1. The van der Waals surface area contributed by atoms with Crippen LogP contribution < -0.4 is 5.32 Å². The molecule has 30 heavy (non-hydrogen) atoms. The molecule has 0 spiro atoms. The van der Waals surface area contributed by atoms with Crippen molar-refractivity contribution in [2.75, 3.05) is 19.4 Å². The first kappa shape index (κ1) is 21.9. The fraction of sp³-hybridized carbons (Fsp3) is 0.474. The van der Waals surface area contributed by atoms with Gasteiger partial charge in [0.2, 0.25) is 21.8 Å². The highest BCUT2D eigenvalue weighted by atomic mass is 32.2. The quantitative estimate of drug-likeness (QED) is 0.577. The number of amides is 1. The molecular weight excluding hydrogens is 408 g/mol. The molecule has 162 valence electrons. The van der Waals surface area contributed by atoms with E-state index in [9.17, 15) is 13.2 Å². The Labute approximate surface area is 175 Å². The van der Waals surface area contributed by atoms with Gasteiger partial charge in [-0.3, -0.25) is 10.1 Å². The summed E-state index contributed by atoms with van der Waals surface area (Å²) < 4.78 is 33.3. The zero-order valence-corrected chi connectivity index (χ0v) is 18.5. The van der Waals surface area contributed by atoms with Crippen molar-refractivity contribution < 1.29 is 17.6 Å². The van der Waals surface area contributed by atoms with Crippen LogP contribution >= 0.6 is 0 Å². The molecule has 1 N–H and O–H groups in total. The molecule has 0 saturated heterocycles. The predicted octanol–water partition coefficient (Wildman–Crippen LogP) is 2.38. The lowest BCUT2D eigenvalue weighted by Crippen LogP contribution is -2.22. The third kappa shape index (κ3) is 4.36. The van der Waals surface area contributed by atoms with E-state index in [1.54, 1.807) is 18.2 Å². The summed E-state index contributed by atoms with van der Waals surface area (Å²) in [5.74, 6) is 0.977. The first-order valence-corrected chi connectivity index (χ1v) is 11.1. The summed E-state index contributed by atoms with van der Waals surface area (Å²) in [4.78, 5) is 17.0. The number of hydrogen-bond donors (Lipinski definition) is 1. The van der Waals surface area contributed by atoms with E-state index in [4.69, 9.17) is 4.42 Å². The molecule has 3 rings (SSSR count). The fourth-order valence-electron chi connectivity index (χ4n) is 3.00. The van der Waals surface area contributed by atoms with Crippen molar-refractivity contribution in [2.45, 2.75) is 51.0 Å². The number of nitrogens with one attached hydrogen (secondary N) is 1. The van der Waals surface area contributed by atoms with Gasteiger partial charge in [-0.2, -0.15) is 0 Å². The Kier molecular flexibility index (Phi) is 6.22. The van der Waals surface area contributed by atoms with E-state index in [0.29, 0.717) is 30.2 Å². The second-order valence-electron chi connectivity index (χ2n) is 7.36. The highest BCUT2D eigenvalue weighted by Gasteiger charge is 2.20. The SMILES string of the molecule is CCn1c(CCC(=O)Nc2nnc(C(C)C)o2)nc2cc(S(=O)(=O)N(C)C)ccc21. The Morgan fingerprint density at radius 2 is 2.00 bits per heavy atom. The number of sulfonamides is 1. The van der Waals surface area contributed by atoms with Crippen LogP contribution in [0.3, 0.4) is 0 Å². The van der Waals surface area contributed by atoms with Crippen LogP contribution in [0, 0.1) is 0 Å². The minimum absolute atomic E-state index is 0.0752. The summed E-state index contributed by atoms with van der Waals surface area (Å²) in [7, 11) is -0.571. The van der Waals surface area contributed by atoms with Gasteiger partial charge >= 0.3 is 6.01 Å². The van der Waals surface area contributed by atoms with Crippen molar-refractivity contribution in [1.29, 1.82) is 0 Å². The van der Waals surface area contributed by atoms with E-state index in [-0.39, 0.29) is 29.2 Å². The molecule has 2 heterocycles. The second kappa shape index (κ2) is 8.52. The Morgan fingerprint density at radius 1 is 1.27 bits per heavy atom. The van der Waals surface area contributed by atoms with Crippen LogP contribution in [0.15, 0.2) is 27.5 Å². The van der Waals surface area contributed by atoms with Gasteiger partial charge < -0.3 is 8.98 Å². The summed E-state index contributed by atoms with van der Waals surface area (Å²) in [6.45, 7) is 6.46. The highest BCUT2D eigenvalue weighted by Crippen LogP contribution is 2.23. The third-order valence-corrected chi connectivity index (χ3v) is 6.46. The van der Waals surface area contributed by atoms with Crippen LogP contribution in [0.4, 0.5) is 6.01 Å². The molecule has 0 atom stereocenters. The molecule has 10 nitrogen and oxygen atoms in total. The van der Waals surface area contributed by atoms with E-state index < -0.39 is 10.0 Å². The minimum Gasteiger partial charge on any atom is -0.408 e. The largest absolute Gasteiger partial charge is 0.408 e.